The van der Waals surface area contributed by atoms with Crippen molar-refractivity contribution in [2.24, 2.45) is 0 Å². The maximum atomic E-state index is 12.8. The summed E-state index contributed by atoms with van der Waals surface area (Å²) in [5.74, 6) is -0.265. The highest BCUT2D eigenvalue weighted by molar-refractivity contribution is 9.10. The summed E-state index contributed by atoms with van der Waals surface area (Å²) in [7, 11) is 0. The molecule has 4 nitrogen and oxygen atoms in total. The summed E-state index contributed by atoms with van der Waals surface area (Å²) in [6.07, 6.45) is 1.78. The molecule has 0 atom stereocenters. The summed E-state index contributed by atoms with van der Waals surface area (Å²) >= 11 is 12.2. The molecule has 0 unspecified atom stereocenters. The van der Waals surface area contributed by atoms with E-state index in [1.165, 1.54) is 22.7 Å². The second-order valence-corrected chi connectivity index (χ2v) is 9.66. The minimum absolute atomic E-state index is 0.265. The van der Waals surface area contributed by atoms with Gasteiger partial charge in [0.2, 0.25) is 0 Å². The summed E-state index contributed by atoms with van der Waals surface area (Å²) < 4.78 is 0.924. The normalized spacial score (nSPS) is 11.2. The fraction of sp³-hybridized carbons (Fsp3) is 0. The van der Waals surface area contributed by atoms with Crippen molar-refractivity contribution in [2.75, 3.05) is 5.32 Å². The van der Waals surface area contributed by atoms with E-state index in [0.717, 1.165) is 14.9 Å². The minimum Gasteiger partial charge on any atom is -0.312 e. The van der Waals surface area contributed by atoms with Crippen LogP contribution in [-0.2, 0) is 0 Å². The van der Waals surface area contributed by atoms with Gasteiger partial charge in [-0.3, -0.25) is 4.79 Å². The predicted molar refractivity (Wildman–Crippen MR) is 132 cm³/mol. The number of aromatic nitrogens is 1. The van der Waals surface area contributed by atoms with Gasteiger partial charge in [0, 0.05) is 15.1 Å². The molecule has 4 rings (SSSR count). The molecule has 8 heteroatoms. The number of hydrogen-bond donors (Lipinski definition) is 1. The van der Waals surface area contributed by atoms with Crippen molar-refractivity contribution in [3.8, 4) is 16.6 Å². The van der Waals surface area contributed by atoms with E-state index in [-0.39, 0.29) is 5.91 Å². The van der Waals surface area contributed by atoms with E-state index >= 15 is 0 Å². The Morgan fingerprint density at radius 2 is 1.97 bits per heavy atom. The lowest BCUT2D eigenvalue weighted by molar-refractivity contribution is 0.102. The van der Waals surface area contributed by atoms with E-state index < -0.39 is 0 Å². The van der Waals surface area contributed by atoms with Crippen molar-refractivity contribution in [3.63, 3.8) is 0 Å². The first kappa shape index (κ1) is 21.5. The van der Waals surface area contributed by atoms with Crippen LogP contribution in [0.25, 0.3) is 22.2 Å². The minimum atomic E-state index is -0.265. The van der Waals surface area contributed by atoms with Crippen LogP contribution in [0.2, 0.25) is 5.02 Å². The molecule has 0 saturated heterocycles. The van der Waals surface area contributed by atoms with Crippen LogP contribution >= 0.6 is 50.2 Å². The maximum Gasteiger partial charge on any atom is 0.256 e. The van der Waals surface area contributed by atoms with Gasteiger partial charge in [-0.1, -0.05) is 57.1 Å². The van der Waals surface area contributed by atoms with E-state index in [1.807, 2.05) is 41.8 Å². The van der Waals surface area contributed by atoms with Gasteiger partial charge in [0.15, 0.2) is 0 Å². The van der Waals surface area contributed by atoms with Crippen LogP contribution in [0.3, 0.4) is 0 Å². The molecule has 0 aliphatic rings. The fourth-order valence-corrected chi connectivity index (χ4v) is 5.05. The molecule has 1 N–H and O–H groups in total. The SMILES string of the molecule is N#CC(=Cc1cccc(Br)c1)c1nc(-c2cccs2)c(NC(=O)c2ccc(Cl)cc2)s1. The number of nitrogens with one attached hydrogen (secondary N) is 1. The molecule has 0 radical (unpaired) electrons. The number of nitriles is 1. The maximum absolute atomic E-state index is 12.8. The van der Waals surface area contributed by atoms with Crippen LogP contribution in [0.4, 0.5) is 5.00 Å². The highest BCUT2D eigenvalue weighted by Gasteiger charge is 2.19. The van der Waals surface area contributed by atoms with Crippen molar-refractivity contribution in [1.82, 2.24) is 4.98 Å². The first-order chi connectivity index (χ1) is 15.0. The van der Waals surface area contributed by atoms with Crippen LogP contribution in [0.5, 0.6) is 0 Å². The number of thiazole rings is 1. The number of benzene rings is 2. The number of thiophene rings is 1. The number of allylic oxidation sites excluding steroid dienone is 1. The van der Waals surface area contributed by atoms with Crippen molar-refractivity contribution in [2.45, 2.75) is 0 Å². The number of carbonyl (C=O) groups excluding carboxylic acids is 1. The molecule has 1 amide bonds. The molecule has 2 aromatic carbocycles. The van der Waals surface area contributed by atoms with Crippen LogP contribution in [0, 0.1) is 11.3 Å². The topological polar surface area (TPSA) is 65.8 Å². The van der Waals surface area contributed by atoms with E-state index in [9.17, 15) is 10.1 Å². The van der Waals surface area contributed by atoms with Crippen LogP contribution in [0.15, 0.2) is 70.5 Å². The van der Waals surface area contributed by atoms with E-state index in [2.05, 4.69) is 27.3 Å². The lowest BCUT2D eigenvalue weighted by Gasteiger charge is -2.04. The molecule has 0 aliphatic carbocycles. The molecule has 0 aliphatic heterocycles. The molecule has 0 fully saturated rings. The first-order valence-electron chi connectivity index (χ1n) is 9.03. The molecule has 0 spiro atoms. The number of rotatable bonds is 5. The number of amides is 1. The van der Waals surface area contributed by atoms with Crippen molar-refractivity contribution in [3.05, 3.63) is 91.7 Å². The van der Waals surface area contributed by atoms with Crippen molar-refractivity contribution >= 4 is 72.8 Å². The fourth-order valence-electron chi connectivity index (χ4n) is 2.78. The number of hydrogen-bond acceptors (Lipinski definition) is 5. The largest absolute Gasteiger partial charge is 0.312 e. The summed E-state index contributed by atoms with van der Waals surface area (Å²) in [5.41, 5.74) is 2.44. The molecule has 152 valence electrons. The quantitative estimate of drug-likeness (QED) is 0.272. The summed E-state index contributed by atoms with van der Waals surface area (Å²) in [6, 6.07) is 20.4. The highest BCUT2D eigenvalue weighted by Crippen LogP contribution is 2.38. The molecule has 2 aromatic heterocycles. The Labute approximate surface area is 200 Å². The smallest absolute Gasteiger partial charge is 0.256 e. The molecule has 0 saturated carbocycles. The zero-order chi connectivity index (χ0) is 21.8. The third-order valence-corrected chi connectivity index (χ3v) is 6.85. The Balaban J connectivity index is 1.72. The van der Waals surface area contributed by atoms with Crippen LogP contribution in [0.1, 0.15) is 20.9 Å². The van der Waals surface area contributed by atoms with Gasteiger partial charge < -0.3 is 5.32 Å². The third kappa shape index (κ3) is 5.12. The summed E-state index contributed by atoms with van der Waals surface area (Å²) in [5, 5.41) is 16.3. The first-order valence-corrected chi connectivity index (χ1v) is 11.9. The lowest BCUT2D eigenvalue weighted by Crippen LogP contribution is -2.11. The number of nitrogens with zero attached hydrogens (tertiary/aromatic N) is 2. The van der Waals surface area contributed by atoms with Crippen molar-refractivity contribution in [1.29, 1.82) is 5.26 Å². The Morgan fingerprint density at radius 1 is 1.16 bits per heavy atom. The monoisotopic (exact) mass is 525 g/mol. The van der Waals surface area contributed by atoms with Crippen LogP contribution < -0.4 is 5.32 Å². The Kier molecular flexibility index (Phi) is 6.64. The third-order valence-electron chi connectivity index (χ3n) is 4.23. The Bertz CT molecular complexity index is 1310. The molecule has 4 aromatic rings. The lowest BCUT2D eigenvalue weighted by atomic mass is 10.1. The number of halogens is 2. The van der Waals surface area contributed by atoms with Gasteiger partial charge in [-0.05, 0) is 59.5 Å². The van der Waals surface area contributed by atoms with Crippen molar-refractivity contribution < 1.29 is 4.79 Å². The van der Waals surface area contributed by atoms with Gasteiger partial charge in [0.25, 0.3) is 5.91 Å². The summed E-state index contributed by atoms with van der Waals surface area (Å²) in [6.45, 7) is 0. The van der Waals surface area contributed by atoms with Gasteiger partial charge in [-0.2, -0.15) is 5.26 Å². The van der Waals surface area contributed by atoms with Gasteiger partial charge in [0.1, 0.15) is 21.8 Å². The molecule has 0 bridgehead atoms. The van der Waals surface area contributed by atoms with E-state index in [0.29, 0.717) is 31.9 Å². The number of anilines is 1. The zero-order valence-electron chi connectivity index (χ0n) is 15.8. The molecule has 2 heterocycles. The van der Waals surface area contributed by atoms with Crippen LogP contribution in [-0.4, -0.2) is 10.9 Å². The average molecular weight is 527 g/mol. The zero-order valence-corrected chi connectivity index (χ0v) is 19.8. The van der Waals surface area contributed by atoms with Gasteiger partial charge >= 0.3 is 0 Å². The average Bonchev–Trinajstić information content (AvgIpc) is 3.42. The number of carbonyl (C=O) groups is 1. The van der Waals surface area contributed by atoms with E-state index in [4.69, 9.17) is 16.6 Å². The van der Waals surface area contributed by atoms with Gasteiger partial charge in [0.05, 0.1) is 10.5 Å². The second-order valence-electron chi connectivity index (χ2n) is 6.36. The summed E-state index contributed by atoms with van der Waals surface area (Å²) in [4.78, 5) is 18.4. The molecule has 31 heavy (non-hydrogen) atoms. The standard InChI is InChI=1S/C23H13BrClN3OS2/c24-17-4-1-3-14(12-17)11-16(13-26)22-27-20(19-5-2-10-30-19)23(31-22)28-21(29)15-6-8-18(25)9-7-15/h1-12H,(H,28,29). The highest BCUT2D eigenvalue weighted by atomic mass is 79.9. The molecular formula is C23H13BrClN3OS2. The van der Waals surface area contributed by atoms with Gasteiger partial charge in [-0.25, -0.2) is 4.98 Å². The predicted octanol–water partition coefficient (Wildman–Crippen LogP) is 7.60. The Morgan fingerprint density at radius 3 is 2.65 bits per heavy atom. The Hall–Kier alpha value is -2.76. The van der Waals surface area contributed by atoms with Gasteiger partial charge in [-0.15, -0.1) is 11.3 Å². The second kappa shape index (κ2) is 9.58. The van der Waals surface area contributed by atoms with E-state index in [1.54, 1.807) is 30.3 Å². The molecular weight excluding hydrogens is 514 g/mol.